The minimum Gasteiger partial charge on any atom is -0.469 e. The van der Waals surface area contributed by atoms with E-state index in [9.17, 15) is 9.59 Å². The quantitative estimate of drug-likeness (QED) is 0.587. The molecule has 2 heterocycles. The summed E-state index contributed by atoms with van der Waals surface area (Å²) in [7, 11) is 1.35. The second kappa shape index (κ2) is 8.67. The summed E-state index contributed by atoms with van der Waals surface area (Å²) in [5.41, 5.74) is 4.03. The molecule has 0 fully saturated rings. The molecule has 0 saturated heterocycles. The van der Waals surface area contributed by atoms with E-state index in [0.29, 0.717) is 10.6 Å². The number of nitrogens with one attached hydrogen (secondary N) is 1. The molecule has 7 heteroatoms. The molecule has 1 N–H and O–H groups in total. The maximum absolute atomic E-state index is 12.9. The van der Waals surface area contributed by atoms with Crippen molar-refractivity contribution in [3.05, 3.63) is 62.3 Å². The van der Waals surface area contributed by atoms with Crippen molar-refractivity contribution in [2.24, 2.45) is 0 Å². The maximum atomic E-state index is 12.9. The molecule has 1 amide bonds. The molecule has 5 nitrogen and oxygen atoms in total. The highest BCUT2D eigenvalue weighted by Crippen LogP contribution is 2.31. The molecule has 1 unspecified atom stereocenters. The maximum Gasteiger partial charge on any atom is 0.307 e. The highest BCUT2D eigenvalue weighted by atomic mass is 32.1. The number of hydrogen-bond acceptors (Lipinski definition) is 6. The smallest absolute Gasteiger partial charge is 0.307 e. The summed E-state index contributed by atoms with van der Waals surface area (Å²) in [6, 6.07) is 9.56. The Kier molecular flexibility index (Phi) is 6.26. The van der Waals surface area contributed by atoms with Crippen LogP contribution in [0.25, 0.3) is 10.6 Å². The Hall–Kier alpha value is -2.51. The number of ether oxygens (including phenoxy) is 1. The molecule has 0 aliphatic rings. The van der Waals surface area contributed by atoms with Crippen LogP contribution in [-0.4, -0.2) is 24.0 Å². The number of aromatic nitrogens is 1. The number of esters is 1. The summed E-state index contributed by atoms with van der Waals surface area (Å²) in [5.74, 6) is -0.594. The Balaban J connectivity index is 1.85. The van der Waals surface area contributed by atoms with Crippen LogP contribution in [0, 0.1) is 20.8 Å². The van der Waals surface area contributed by atoms with Gasteiger partial charge in [0.15, 0.2) is 0 Å². The Labute approximate surface area is 172 Å². The number of carbonyl (C=O) groups is 2. The van der Waals surface area contributed by atoms with E-state index in [1.54, 1.807) is 0 Å². The van der Waals surface area contributed by atoms with Crippen LogP contribution in [0.2, 0.25) is 0 Å². The van der Waals surface area contributed by atoms with Crippen LogP contribution >= 0.6 is 22.7 Å². The lowest BCUT2D eigenvalue weighted by Crippen LogP contribution is -2.29. The second-order valence-corrected chi connectivity index (χ2v) is 8.55. The van der Waals surface area contributed by atoms with Gasteiger partial charge in [-0.05, 0) is 37.8 Å². The predicted molar refractivity (Wildman–Crippen MR) is 113 cm³/mol. The van der Waals surface area contributed by atoms with Crippen LogP contribution in [0.5, 0.6) is 0 Å². The van der Waals surface area contributed by atoms with Crippen LogP contribution in [0.1, 0.15) is 43.8 Å². The van der Waals surface area contributed by atoms with E-state index in [0.717, 1.165) is 21.0 Å². The zero-order valence-corrected chi connectivity index (χ0v) is 17.9. The highest BCUT2D eigenvalue weighted by molar-refractivity contribution is 7.17. The Bertz CT molecular complexity index is 993. The van der Waals surface area contributed by atoms with Crippen molar-refractivity contribution in [3.8, 4) is 10.6 Å². The number of nitrogens with zero attached hydrogens (tertiary/aromatic N) is 1. The van der Waals surface area contributed by atoms with E-state index in [1.165, 1.54) is 35.3 Å². The van der Waals surface area contributed by atoms with Gasteiger partial charge in [-0.3, -0.25) is 9.59 Å². The topological polar surface area (TPSA) is 68.3 Å². The number of methoxy groups -OCH3 is 1. The van der Waals surface area contributed by atoms with Crippen LogP contribution in [-0.2, 0) is 9.53 Å². The number of rotatable bonds is 6. The summed E-state index contributed by atoms with van der Waals surface area (Å²) in [4.78, 5) is 30.8. The predicted octanol–water partition coefficient (Wildman–Crippen LogP) is 4.83. The highest BCUT2D eigenvalue weighted by Gasteiger charge is 2.23. The number of thiophene rings is 1. The molecule has 28 heavy (non-hydrogen) atoms. The van der Waals surface area contributed by atoms with Crippen molar-refractivity contribution >= 4 is 34.6 Å². The summed E-state index contributed by atoms with van der Waals surface area (Å²) in [6.07, 6.45) is 0.0878. The molecule has 3 aromatic rings. The normalized spacial score (nSPS) is 11.9. The molecule has 146 valence electrons. The number of carbonyl (C=O) groups excluding carboxylic acids is 2. The molecule has 1 atom stereocenters. The molecule has 0 bridgehead atoms. The van der Waals surface area contributed by atoms with Gasteiger partial charge in [-0.2, -0.15) is 0 Å². The number of benzene rings is 1. The molecule has 0 spiro atoms. The van der Waals surface area contributed by atoms with Crippen molar-refractivity contribution in [1.29, 1.82) is 0 Å². The number of amides is 1. The lowest BCUT2D eigenvalue weighted by Gasteiger charge is -2.16. The fourth-order valence-corrected chi connectivity index (χ4v) is 4.80. The van der Waals surface area contributed by atoms with Crippen LogP contribution in [0.3, 0.4) is 0 Å². The molecular formula is C21H22N2O3S2. The van der Waals surface area contributed by atoms with Crippen LogP contribution in [0.4, 0.5) is 0 Å². The third-order valence-corrected chi connectivity index (χ3v) is 6.58. The van der Waals surface area contributed by atoms with Crippen LogP contribution < -0.4 is 5.32 Å². The first-order valence-corrected chi connectivity index (χ1v) is 10.5. The van der Waals surface area contributed by atoms with Gasteiger partial charge in [0.1, 0.15) is 9.88 Å². The average Bonchev–Trinajstić information content (AvgIpc) is 3.31. The van der Waals surface area contributed by atoms with E-state index in [2.05, 4.69) is 23.3 Å². The van der Waals surface area contributed by atoms with Gasteiger partial charge in [-0.1, -0.05) is 29.8 Å². The standard InChI is InChI=1S/C21H22N2O3S2/c1-12-7-8-15(13(2)10-12)21-22-14(3)19(28-21)20(25)23-16(11-18(24)26-4)17-6-5-9-27-17/h5-10,16H,11H2,1-4H3,(H,23,25). The lowest BCUT2D eigenvalue weighted by atomic mass is 10.1. The van der Waals surface area contributed by atoms with E-state index >= 15 is 0 Å². The van der Waals surface area contributed by atoms with Gasteiger partial charge in [0.05, 0.1) is 25.3 Å². The first-order valence-electron chi connectivity index (χ1n) is 8.85. The molecular weight excluding hydrogens is 392 g/mol. The van der Waals surface area contributed by atoms with Crippen molar-refractivity contribution in [2.45, 2.75) is 33.2 Å². The SMILES string of the molecule is COC(=O)CC(NC(=O)c1sc(-c2ccc(C)cc2C)nc1C)c1cccs1. The second-order valence-electron chi connectivity index (χ2n) is 6.57. The van der Waals surface area contributed by atoms with E-state index in [-0.39, 0.29) is 18.3 Å². The minimum absolute atomic E-state index is 0.0878. The Morgan fingerprint density at radius 3 is 2.64 bits per heavy atom. The van der Waals surface area contributed by atoms with Gasteiger partial charge < -0.3 is 10.1 Å². The molecule has 0 saturated carbocycles. The van der Waals surface area contributed by atoms with Gasteiger partial charge in [-0.25, -0.2) is 4.98 Å². The van der Waals surface area contributed by atoms with E-state index in [4.69, 9.17) is 4.74 Å². The number of hydrogen-bond donors (Lipinski definition) is 1. The molecule has 0 radical (unpaired) electrons. The summed E-state index contributed by atoms with van der Waals surface area (Å²) in [6.45, 7) is 5.93. The molecule has 3 rings (SSSR count). The number of aryl methyl sites for hydroxylation is 3. The van der Waals surface area contributed by atoms with E-state index < -0.39 is 6.04 Å². The summed E-state index contributed by atoms with van der Waals surface area (Å²) >= 11 is 2.86. The fraction of sp³-hybridized carbons (Fsp3) is 0.286. The minimum atomic E-state index is -0.425. The van der Waals surface area contributed by atoms with Crippen LogP contribution in [0.15, 0.2) is 35.7 Å². The average molecular weight is 415 g/mol. The van der Waals surface area contributed by atoms with Gasteiger partial charge >= 0.3 is 5.97 Å². The zero-order valence-electron chi connectivity index (χ0n) is 16.2. The first-order chi connectivity index (χ1) is 13.4. The summed E-state index contributed by atoms with van der Waals surface area (Å²) in [5, 5.41) is 5.71. The number of thiazole rings is 1. The van der Waals surface area contributed by atoms with Crippen molar-refractivity contribution in [1.82, 2.24) is 10.3 Å². The van der Waals surface area contributed by atoms with Gasteiger partial charge in [-0.15, -0.1) is 22.7 Å². The van der Waals surface area contributed by atoms with Crippen molar-refractivity contribution < 1.29 is 14.3 Å². The zero-order chi connectivity index (χ0) is 20.3. The van der Waals surface area contributed by atoms with Gasteiger partial charge in [0.25, 0.3) is 5.91 Å². The Morgan fingerprint density at radius 2 is 2.00 bits per heavy atom. The molecule has 2 aromatic heterocycles. The third kappa shape index (κ3) is 4.48. The van der Waals surface area contributed by atoms with Gasteiger partial charge in [0, 0.05) is 10.4 Å². The van der Waals surface area contributed by atoms with Gasteiger partial charge in [0.2, 0.25) is 0 Å². The lowest BCUT2D eigenvalue weighted by molar-refractivity contribution is -0.141. The van der Waals surface area contributed by atoms with Crippen molar-refractivity contribution in [3.63, 3.8) is 0 Å². The first kappa shape index (κ1) is 20.2. The van der Waals surface area contributed by atoms with E-state index in [1.807, 2.05) is 43.5 Å². The third-order valence-electron chi connectivity index (χ3n) is 4.41. The summed E-state index contributed by atoms with van der Waals surface area (Å²) < 4.78 is 4.78. The largest absolute Gasteiger partial charge is 0.469 e. The molecule has 1 aromatic carbocycles. The molecule has 0 aliphatic heterocycles. The molecule has 0 aliphatic carbocycles. The van der Waals surface area contributed by atoms with Crippen molar-refractivity contribution in [2.75, 3.05) is 7.11 Å². The Morgan fingerprint density at radius 1 is 1.21 bits per heavy atom. The fourth-order valence-electron chi connectivity index (χ4n) is 2.96. The monoisotopic (exact) mass is 414 g/mol.